The van der Waals surface area contributed by atoms with E-state index in [-0.39, 0.29) is 23.1 Å². The summed E-state index contributed by atoms with van der Waals surface area (Å²) in [5.41, 5.74) is 0.899. The Morgan fingerprint density at radius 2 is 1.96 bits per heavy atom. The normalized spacial score (nSPS) is 19.1. The van der Waals surface area contributed by atoms with Gasteiger partial charge in [0.2, 0.25) is 0 Å². The lowest BCUT2D eigenvalue weighted by molar-refractivity contribution is -0.384. The molecule has 0 radical (unpaired) electrons. The standard InChI is InChI=1S/C16H17N3O4S/c20-19(21)14-6-7-15(17-10-12-8-9-24(22,23)11-12)18-16(14)13-4-2-1-3-5-13/h1-7,12H,8-11H2,(H,17,18)/t12-/m0/s1. The number of benzene rings is 1. The molecule has 126 valence electrons. The Kier molecular flexibility index (Phi) is 4.48. The van der Waals surface area contributed by atoms with Crippen molar-refractivity contribution in [2.24, 2.45) is 5.92 Å². The van der Waals surface area contributed by atoms with Crippen molar-refractivity contribution < 1.29 is 13.3 Å². The summed E-state index contributed by atoms with van der Waals surface area (Å²) < 4.78 is 23.0. The van der Waals surface area contributed by atoms with E-state index in [1.54, 1.807) is 30.3 Å². The second-order valence-electron chi connectivity index (χ2n) is 5.84. The molecule has 1 aliphatic rings. The van der Waals surface area contributed by atoms with E-state index in [0.29, 0.717) is 30.0 Å². The molecular formula is C16H17N3O4S. The Morgan fingerprint density at radius 1 is 1.21 bits per heavy atom. The fraction of sp³-hybridized carbons (Fsp3) is 0.312. The van der Waals surface area contributed by atoms with Crippen molar-refractivity contribution >= 4 is 21.3 Å². The van der Waals surface area contributed by atoms with Crippen molar-refractivity contribution in [2.45, 2.75) is 6.42 Å². The lowest BCUT2D eigenvalue weighted by atomic mass is 10.1. The molecule has 1 N–H and O–H groups in total. The van der Waals surface area contributed by atoms with E-state index >= 15 is 0 Å². The van der Waals surface area contributed by atoms with Crippen molar-refractivity contribution in [2.75, 3.05) is 23.4 Å². The monoisotopic (exact) mass is 347 g/mol. The SMILES string of the molecule is O=[N+]([O-])c1ccc(NC[C@@H]2CCS(=O)(=O)C2)nc1-c1ccccc1. The van der Waals surface area contributed by atoms with E-state index in [1.165, 1.54) is 6.07 Å². The number of aromatic nitrogens is 1. The number of rotatable bonds is 5. The molecule has 0 spiro atoms. The van der Waals surface area contributed by atoms with Crippen molar-refractivity contribution in [3.63, 3.8) is 0 Å². The number of sulfone groups is 1. The summed E-state index contributed by atoms with van der Waals surface area (Å²) in [7, 11) is -2.92. The molecule has 0 unspecified atom stereocenters. The zero-order chi connectivity index (χ0) is 17.2. The van der Waals surface area contributed by atoms with Crippen LogP contribution in [0.1, 0.15) is 6.42 Å². The predicted octanol–water partition coefficient (Wildman–Crippen LogP) is 2.50. The number of nitro groups is 1. The Bertz CT molecular complexity index is 853. The van der Waals surface area contributed by atoms with Gasteiger partial charge >= 0.3 is 0 Å². The summed E-state index contributed by atoms with van der Waals surface area (Å²) in [4.78, 5) is 15.1. The molecule has 0 aliphatic carbocycles. The van der Waals surface area contributed by atoms with Crippen molar-refractivity contribution in [3.05, 3.63) is 52.6 Å². The first kappa shape index (κ1) is 16.4. The van der Waals surface area contributed by atoms with Gasteiger partial charge in [0.25, 0.3) is 5.69 Å². The van der Waals surface area contributed by atoms with Crippen LogP contribution in [0.4, 0.5) is 11.5 Å². The molecule has 0 saturated carbocycles. The van der Waals surface area contributed by atoms with Crippen LogP contribution >= 0.6 is 0 Å². The second-order valence-corrected chi connectivity index (χ2v) is 8.07. The lowest BCUT2D eigenvalue weighted by Crippen LogP contribution is -2.16. The summed E-state index contributed by atoms with van der Waals surface area (Å²) in [6.45, 7) is 0.484. The third-order valence-electron chi connectivity index (χ3n) is 4.02. The number of anilines is 1. The molecule has 1 atom stereocenters. The van der Waals surface area contributed by atoms with Gasteiger partial charge in [0, 0.05) is 18.2 Å². The fourth-order valence-electron chi connectivity index (χ4n) is 2.79. The topological polar surface area (TPSA) is 102 Å². The Balaban J connectivity index is 1.81. The van der Waals surface area contributed by atoms with Gasteiger partial charge in [-0.2, -0.15) is 0 Å². The largest absolute Gasteiger partial charge is 0.370 e. The number of nitrogens with zero attached hydrogens (tertiary/aromatic N) is 2. The van der Waals surface area contributed by atoms with Gasteiger partial charge in [-0.25, -0.2) is 13.4 Å². The zero-order valence-corrected chi connectivity index (χ0v) is 13.7. The Hall–Kier alpha value is -2.48. The summed E-state index contributed by atoms with van der Waals surface area (Å²) in [5, 5.41) is 14.3. The van der Waals surface area contributed by atoms with Crippen molar-refractivity contribution in [1.29, 1.82) is 0 Å². The van der Waals surface area contributed by atoms with Crippen LogP contribution in [0.3, 0.4) is 0 Å². The summed E-state index contributed by atoms with van der Waals surface area (Å²) >= 11 is 0. The summed E-state index contributed by atoms with van der Waals surface area (Å²) in [6, 6.07) is 11.9. The van der Waals surface area contributed by atoms with Gasteiger partial charge in [0.05, 0.1) is 16.4 Å². The lowest BCUT2D eigenvalue weighted by Gasteiger charge is -2.11. The smallest absolute Gasteiger partial charge is 0.295 e. The van der Waals surface area contributed by atoms with Gasteiger partial charge in [0.1, 0.15) is 5.82 Å². The van der Waals surface area contributed by atoms with Crippen LogP contribution in [-0.2, 0) is 9.84 Å². The zero-order valence-electron chi connectivity index (χ0n) is 12.9. The molecule has 0 amide bonds. The Labute approximate surface area is 139 Å². The van der Waals surface area contributed by atoms with Crippen LogP contribution in [0.25, 0.3) is 11.3 Å². The highest BCUT2D eigenvalue weighted by Gasteiger charge is 2.27. The molecule has 1 fully saturated rings. The van der Waals surface area contributed by atoms with Gasteiger partial charge in [-0.1, -0.05) is 30.3 Å². The molecule has 8 heteroatoms. The molecule has 1 aliphatic heterocycles. The van der Waals surface area contributed by atoms with Crippen molar-refractivity contribution in [3.8, 4) is 11.3 Å². The summed E-state index contributed by atoms with van der Waals surface area (Å²) in [5.74, 6) is 0.955. The molecule has 2 heterocycles. The van der Waals surface area contributed by atoms with Crippen LogP contribution in [0.15, 0.2) is 42.5 Å². The van der Waals surface area contributed by atoms with Gasteiger partial charge < -0.3 is 5.32 Å². The maximum Gasteiger partial charge on any atom is 0.295 e. The van der Waals surface area contributed by atoms with Crippen LogP contribution in [-0.4, -0.2) is 36.4 Å². The van der Waals surface area contributed by atoms with Crippen LogP contribution in [0.2, 0.25) is 0 Å². The number of hydrogen-bond acceptors (Lipinski definition) is 6. The molecule has 24 heavy (non-hydrogen) atoms. The van der Waals surface area contributed by atoms with E-state index in [2.05, 4.69) is 10.3 Å². The molecular weight excluding hydrogens is 330 g/mol. The maximum atomic E-state index is 11.5. The average Bonchev–Trinajstić information content (AvgIpc) is 2.92. The van der Waals surface area contributed by atoms with Gasteiger partial charge in [-0.15, -0.1) is 0 Å². The predicted molar refractivity (Wildman–Crippen MR) is 91.6 cm³/mol. The van der Waals surface area contributed by atoms with Crippen LogP contribution in [0, 0.1) is 16.0 Å². The minimum absolute atomic E-state index is 0.0483. The van der Waals surface area contributed by atoms with Gasteiger partial charge in [-0.05, 0) is 18.4 Å². The van der Waals surface area contributed by atoms with Crippen LogP contribution in [0.5, 0.6) is 0 Å². The highest BCUT2D eigenvalue weighted by molar-refractivity contribution is 7.91. The molecule has 7 nitrogen and oxygen atoms in total. The fourth-order valence-corrected chi connectivity index (χ4v) is 4.65. The molecule has 0 bridgehead atoms. The average molecular weight is 347 g/mol. The quantitative estimate of drug-likeness (QED) is 0.658. The van der Waals surface area contributed by atoms with E-state index in [9.17, 15) is 18.5 Å². The van der Waals surface area contributed by atoms with Crippen molar-refractivity contribution in [1.82, 2.24) is 4.98 Å². The number of nitrogens with one attached hydrogen (secondary N) is 1. The van der Waals surface area contributed by atoms with E-state index in [4.69, 9.17) is 0 Å². The van der Waals surface area contributed by atoms with E-state index in [1.807, 2.05) is 6.07 Å². The highest BCUT2D eigenvalue weighted by atomic mass is 32.2. The first-order chi connectivity index (χ1) is 11.4. The summed E-state index contributed by atoms with van der Waals surface area (Å²) in [6.07, 6.45) is 0.633. The van der Waals surface area contributed by atoms with Gasteiger partial charge in [0.15, 0.2) is 15.5 Å². The second kappa shape index (κ2) is 6.56. The van der Waals surface area contributed by atoms with Crippen LogP contribution < -0.4 is 5.32 Å². The van der Waals surface area contributed by atoms with E-state index < -0.39 is 14.8 Å². The minimum Gasteiger partial charge on any atom is -0.370 e. The third kappa shape index (κ3) is 3.70. The molecule has 1 aromatic carbocycles. The highest BCUT2D eigenvalue weighted by Crippen LogP contribution is 2.29. The van der Waals surface area contributed by atoms with E-state index in [0.717, 1.165) is 0 Å². The third-order valence-corrected chi connectivity index (χ3v) is 5.85. The number of pyridine rings is 1. The molecule has 2 aromatic rings. The molecule has 3 rings (SSSR count). The molecule has 1 saturated heterocycles. The Morgan fingerprint density at radius 3 is 2.58 bits per heavy atom. The first-order valence-electron chi connectivity index (χ1n) is 7.60. The minimum atomic E-state index is -2.92. The first-order valence-corrected chi connectivity index (χ1v) is 9.42. The van der Waals surface area contributed by atoms with Gasteiger partial charge in [-0.3, -0.25) is 10.1 Å². The number of hydrogen-bond donors (Lipinski definition) is 1. The maximum absolute atomic E-state index is 11.5. The molecule has 1 aromatic heterocycles.